The topological polar surface area (TPSA) is 41.8 Å². The predicted octanol–water partition coefficient (Wildman–Crippen LogP) is 3.59. The third-order valence-corrected chi connectivity index (χ3v) is 5.42. The van der Waals surface area contributed by atoms with E-state index in [-0.39, 0.29) is 5.41 Å². The van der Waals surface area contributed by atoms with E-state index in [9.17, 15) is 0 Å². The van der Waals surface area contributed by atoms with Crippen molar-refractivity contribution in [3.63, 3.8) is 0 Å². The summed E-state index contributed by atoms with van der Waals surface area (Å²) in [5, 5.41) is 7.15. The van der Waals surface area contributed by atoms with Crippen molar-refractivity contribution in [2.75, 3.05) is 0 Å². The molecule has 4 fully saturated rings. The van der Waals surface area contributed by atoms with Crippen LogP contribution < -0.4 is 0 Å². The molecule has 1 heterocycles. The molecule has 0 amide bonds. The third kappa shape index (κ3) is 1.39. The van der Waals surface area contributed by atoms with Crippen molar-refractivity contribution in [1.82, 2.24) is 10.2 Å². The number of aromatic amines is 1. The van der Waals surface area contributed by atoms with Gasteiger partial charge in [0.05, 0.1) is 0 Å². The summed E-state index contributed by atoms with van der Waals surface area (Å²) in [5.41, 5.74) is 0.729. The van der Waals surface area contributed by atoms with Gasteiger partial charge in [-0.1, -0.05) is 6.92 Å². The molecule has 2 atom stereocenters. The molecule has 0 spiro atoms. The molecular formula is C13H18N2OS. The number of rotatable bonds is 1. The Morgan fingerprint density at radius 3 is 2.53 bits per heavy atom. The molecule has 0 aromatic carbocycles. The summed E-state index contributed by atoms with van der Waals surface area (Å²) in [6.07, 6.45) is 8.04. The first-order valence-electron chi connectivity index (χ1n) is 6.63. The second-order valence-corrected chi connectivity index (χ2v) is 7.34. The molecule has 5 rings (SSSR count). The molecule has 0 aliphatic heterocycles. The lowest BCUT2D eigenvalue weighted by molar-refractivity contribution is -0.0711. The number of hydrogen-bond acceptors (Lipinski definition) is 3. The van der Waals surface area contributed by atoms with Gasteiger partial charge in [-0.15, -0.1) is 5.10 Å². The maximum atomic E-state index is 5.66. The zero-order chi connectivity index (χ0) is 11.7. The fourth-order valence-electron chi connectivity index (χ4n) is 5.43. The van der Waals surface area contributed by atoms with Crippen LogP contribution in [-0.4, -0.2) is 10.2 Å². The van der Waals surface area contributed by atoms with Crippen LogP contribution in [0.5, 0.6) is 0 Å². The van der Waals surface area contributed by atoms with E-state index in [0.29, 0.717) is 10.3 Å². The van der Waals surface area contributed by atoms with E-state index in [0.717, 1.165) is 17.7 Å². The largest absolute Gasteiger partial charge is 0.414 e. The van der Waals surface area contributed by atoms with Gasteiger partial charge in [0.15, 0.2) is 0 Å². The molecule has 4 aliphatic rings. The minimum absolute atomic E-state index is 0.201. The number of H-pyrrole nitrogens is 1. The predicted molar refractivity (Wildman–Crippen MR) is 66.2 cm³/mol. The Morgan fingerprint density at radius 2 is 2.00 bits per heavy atom. The van der Waals surface area contributed by atoms with Crippen LogP contribution in [0, 0.1) is 22.1 Å². The Labute approximate surface area is 106 Å². The normalized spacial score (nSPS) is 47.6. The van der Waals surface area contributed by atoms with Crippen molar-refractivity contribution < 1.29 is 4.42 Å². The summed E-state index contributed by atoms with van der Waals surface area (Å²) < 4.78 is 5.66. The Kier molecular flexibility index (Phi) is 1.83. The van der Waals surface area contributed by atoms with Crippen LogP contribution in [0.15, 0.2) is 4.42 Å². The minimum atomic E-state index is 0.201. The van der Waals surface area contributed by atoms with E-state index in [1.54, 1.807) is 0 Å². The molecule has 1 aromatic heterocycles. The lowest BCUT2D eigenvalue weighted by Crippen LogP contribution is -2.53. The van der Waals surface area contributed by atoms with Crippen molar-refractivity contribution in [3.05, 3.63) is 10.7 Å². The van der Waals surface area contributed by atoms with E-state index < -0.39 is 0 Å². The van der Waals surface area contributed by atoms with Gasteiger partial charge in [0.25, 0.3) is 4.84 Å². The second-order valence-electron chi connectivity index (χ2n) is 6.97. The van der Waals surface area contributed by atoms with E-state index in [4.69, 9.17) is 16.6 Å². The molecule has 4 bridgehead atoms. The first kappa shape index (κ1) is 10.3. The molecule has 92 valence electrons. The van der Waals surface area contributed by atoms with Gasteiger partial charge in [-0.3, -0.25) is 0 Å². The Morgan fingerprint density at radius 1 is 1.29 bits per heavy atom. The zero-order valence-electron chi connectivity index (χ0n) is 10.2. The lowest BCUT2D eigenvalue weighted by atomic mass is 9.44. The number of nitrogens with zero attached hydrogens (tertiary/aromatic N) is 1. The summed E-state index contributed by atoms with van der Waals surface area (Å²) in [4.78, 5) is 0.431. The highest BCUT2D eigenvalue weighted by molar-refractivity contribution is 7.71. The van der Waals surface area contributed by atoms with Gasteiger partial charge in [-0.25, -0.2) is 5.10 Å². The van der Waals surface area contributed by atoms with Gasteiger partial charge < -0.3 is 4.42 Å². The lowest BCUT2D eigenvalue weighted by Gasteiger charge is -2.60. The highest BCUT2D eigenvalue weighted by atomic mass is 32.1. The first-order valence-corrected chi connectivity index (χ1v) is 7.04. The van der Waals surface area contributed by atoms with Crippen LogP contribution in [0.25, 0.3) is 0 Å². The molecule has 2 unspecified atom stereocenters. The van der Waals surface area contributed by atoms with E-state index in [2.05, 4.69) is 17.1 Å². The van der Waals surface area contributed by atoms with Gasteiger partial charge >= 0.3 is 0 Å². The van der Waals surface area contributed by atoms with Gasteiger partial charge in [-0.2, -0.15) is 0 Å². The van der Waals surface area contributed by atoms with Gasteiger partial charge in [-0.05, 0) is 68.0 Å². The summed E-state index contributed by atoms with van der Waals surface area (Å²) >= 11 is 5.03. The highest BCUT2D eigenvalue weighted by Gasteiger charge is 2.58. The summed E-state index contributed by atoms with van der Waals surface area (Å²) in [6.45, 7) is 2.46. The fraction of sp³-hybridized carbons (Fsp3) is 0.846. The second kappa shape index (κ2) is 3.02. The van der Waals surface area contributed by atoms with Crippen LogP contribution in [0.4, 0.5) is 0 Å². The van der Waals surface area contributed by atoms with Crippen molar-refractivity contribution in [2.24, 2.45) is 17.3 Å². The number of nitrogens with one attached hydrogen (secondary N) is 1. The maximum absolute atomic E-state index is 5.66. The van der Waals surface area contributed by atoms with Crippen molar-refractivity contribution in [2.45, 2.75) is 50.9 Å². The van der Waals surface area contributed by atoms with Gasteiger partial charge in [0, 0.05) is 5.41 Å². The number of aromatic nitrogens is 2. The SMILES string of the molecule is CC12CC3CC(C1)CC(c1n[nH]c(=S)o1)(C3)C2. The molecule has 4 heteroatoms. The third-order valence-electron chi connectivity index (χ3n) is 5.25. The zero-order valence-corrected chi connectivity index (χ0v) is 11.0. The van der Waals surface area contributed by atoms with Crippen LogP contribution in [0.1, 0.15) is 51.3 Å². The van der Waals surface area contributed by atoms with Crippen LogP contribution in [0.2, 0.25) is 0 Å². The molecule has 1 aromatic rings. The standard InChI is InChI=1S/C13H18N2OS/c1-12-3-8-2-9(4-12)6-13(5-8,7-12)10-14-15-11(17)16-10/h8-9H,2-7H2,1H3,(H,15,17). The molecule has 1 N–H and O–H groups in total. The summed E-state index contributed by atoms with van der Waals surface area (Å²) in [7, 11) is 0. The average Bonchev–Trinajstić information content (AvgIpc) is 2.61. The van der Waals surface area contributed by atoms with Crippen LogP contribution in [-0.2, 0) is 5.41 Å². The van der Waals surface area contributed by atoms with Crippen LogP contribution in [0.3, 0.4) is 0 Å². The smallest absolute Gasteiger partial charge is 0.284 e. The fourth-order valence-corrected chi connectivity index (χ4v) is 5.55. The summed E-state index contributed by atoms with van der Waals surface area (Å²) in [5.74, 6) is 2.67. The molecule has 4 saturated carbocycles. The highest BCUT2D eigenvalue weighted by Crippen LogP contribution is 2.65. The average molecular weight is 250 g/mol. The van der Waals surface area contributed by atoms with Crippen molar-refractivity contribution in [3.8, 4) is 0 Å². The van der Waals surface area contributed by atoms with Crippen molar-refractivity contribution >= 4 is 12.2 Å². The maximum Gasteiger partial charge on any atom is 0.284 e. The van der Waals surface area contributed by atoms with Crippen LogP contribution >= 0.6 is 12.2 Å². The van der Waals surface area contributed by atoms with E-state index in [1.165, 1.54) is 38.5 Å². The van der Waals surface area contributed by atoms with E-state index >= 15 is 0 Å². The number of hydrogen-bond donors (Lipinski definition) is 1. The van der Waals surface area contributed by atoms with E-state index in [1.807, 2.05) is 0 Å². The summed E-state index contributed by atoms with van der Waals surface area (Å²) in [6, 6.07) is 0. The molecule has 0 radical (unpaired) electrons. The molecule has 0 saturated heterocycles. The molecular weight excluding hydrogens is 232 g/mol. The van der Waals surface area contributed by atoms with Gasteiger partial charge in [0.1, 0.15) is 0 Å². The first-order chi connectivity index (χ1) is 8.07. The molecule has 3 nitrogen and oxygen atoms in total. The molecule has 17 heavy (non-hydrogen) atoms. The Balaban J connectivity index is 1.81. The monoisotopic (exact) mass is 250 g/mol. The molecule has 4 aliphatic carbocycles. The van der Waals surface area contributed by atoms with Crippen molar-refractivity contribution in [1.29, 1.82) is 0 Å². The minimum Gasteiger partial charge on any atom is -0.414 e. The van der Waals surface area contributed by atoms with Gasteiger partial charge in [0.2, 0.25) is 5.89 Å². The Hall–Kier alpha value is -0.640. The quantitative estimate of drug-likeness (QED) is 0.774. The Bertz CT molecular complexity index is 503.